The lowest BCUT2D eigenvalue weighted by Crippen LogP contribution is -2.36. The molecule has 0 fully saturated rings. The first kappa shape index (κ1) is 14.3. The Kier molecular flexibility index (Phi) is 3.36. The molecule has 2 amide bonds. The van der Waals surface area contributed by atoms with E-state index in [0.29, 0.717) is 16.5 Å². The normalized spacial score (nSPS) is 14.2. The number of amides is 2. The van der Waals surface area contributed by atoms with Crippen LogP contribution in [0.2, 0.25) is 0 Å². The molecule has 23 heavy (non-hydrogen) atoms. The summed E-state index contributed by atoms with van der Waals surface area (Å²) in [6.07, 6.45) is 1.53. The molecular weight excluding hydrogens is 376 g/mol. The number of carbonyl (C=O) groups is 2. The summed E-state index contributed by atoms with van der Waals surface area (Å²) < 4.78 is 0.940. The summed E-state index contributed by atoms with van der Waals surface area (Å²) in [7, 11) is 0. The molecule has 0 saturated carbocycles. The Bertz CT molecular complexity index is 942. The Morgan fingerprint density at radius 1 is 1.04 bits per heavy atom. The van der Waals surface area contributed by atoms with Gasteiger partial charge in [0.2, 0.25) is 0 Å². The highest BCUT2D eigenvalue weighted by molar-refractivity contribution is 9.10. The van der Waals surface area contributed by atoms with Crippen molar-refractivity contribution in [2.45, 2.75) is 0 Å². The fourth-order valence-electron chi connectivity index (χ4n) is 2.63. The molecule has 0 aliphatic carbocycles. The van der Waals surface area contributed by atoms with Crippen molar-refractivity contribution in [1.82, 2.24) is 5.01 Å². The van der Waals surface area contributed by atoms with E-state index in [4.69, 9.17) is 0 Å². The number of carbonyl (C=O) groups excluding carboxylic acids is 2. The molecular formula is C17H9BrN2O2S. The van der Waals surface area contributed by atoms with Crippen LogP contribution in [0.4, 0.5) is 0 Å². The van der Waals surface area contributed by atoms with E-state index in [9.17, 15) is 9.59 Å². The second-order valence-electron chi connectivity index (χ2n) is 5.04. The van der Waals surface area contributed by atoms with E-state index >= 15 is 0 Å². The van der Waals surface area contributed by atoms with E-state index in [1.54, 1.807) is 12.1 Å². The van der Waals surface area contributed by atoms with Crippen molar-refractivity contribution in [3.8, 4) is 0 Å². The average molecular weight is 385 g/mol. The zero-order chi connectivity index (χ0) is 16.0. The van der Waals surface area contributed by atoms with Crippen molar-refractivity contribution >= 4 is 56.1 Å². The zero-order valence-electron chi connectivity index (χ0n) is 11.7. The number of hydrazone groups is 1. The van der Waals surface area contributed by atoms with Crippen LogP contribution >= 0.6 is 27.3 Å². The first-order valence-corrected chi connectivity index (χ1v) is 8.51. The molecule has 0 saturated heterocycles. The molecule has 1 aliphatic heterocycles. The maximum absolute atomic E-state index is 12.6. The van der Waals surface area contributed by atoms with Gasteiger partial charge in [-0.25, -0.2) is 0 Å². The van der Waals surface area contributed by atoms with Gasteiger partial charge in [-0.2, -0.15) is 10.1 Å². The number of imide groups is 1. The highest BCUT2D eigenvalue weighted by Gasteiger charge is 2.32. The van der Waals surface area contributed by atoms with Crippen LogP contribution in [-0.4, -0.2) is 23.0 Å². The number of thiophene rings is 1. The fraction of sp³-hybridized carbons (Fsp3) is 0. The van der Waals surface area contributed by atoms with Crippen molar-refractivity contribution in [3.05, 3.63) is 68.3 Å². The molecule has 3 aromatic rings. The molecule has 4 nitrogen and oxygen atoms in total. The average Bonchev–Trinajstić information content (AvgIpc) is 2.98. The molecule has 0 atom stereocenters. The fourth-order valence-corrected chi connectivity index (χ4v) is 3.93. The van der Waals surface area contributed by atoms with Gasteiger partial charge in [-0.1, -0.05) is 24.3 Å². The van der Waals surface area contributed by atoms with Crippen molar-refractivity contribution in [1.29, 1.82) is 0 Å². The van der Waals surface area contributed by atoms with Crippen LogP contribution in [-0.2, 0) is 0 Å². The molecule has 1 aliphatic rings. The largest absolute Gasteiger partial charge is 0.282 e. The van der Waals surface area contributed by atoms with Gasteiger partial charge in [0.05, 0.1) is 17.3 Å². The molecule has 2 heterocycles. The van der Waals surface area contributed by atoms with Crippen molar-refractivity contribution in [3.63, 3.8) is 0 Å². The third-order valence-electron chi connectivity index (χ3n) is 3.64. The number of rotatable bonds is 2. The Morgan fingerprint density at radius 3 is 2.26 bits per heavy atom. The van der Waals surface area contributed by atoms with Gasteiger partial charge >= 0.3 is 0 Å². The number of nitrogens with zero attached hydrogens (tertiary/aromatic N) is 2. The molecule has 0 spiro atoms. The van der Waals surface area contributed by atoms with Gasteiger partial charge in [-0.3, -0.25) is 9.59 Å². The number of halogens is 1. The van der Waals surface area contributed by atoms with Crippen LogP contribution in [0, 0.1) is 0 Å². The van der Waals surface area contributed by atoms with Crippen molar-refractivity contribution in [2.75, 3.05) is 0 Å². The summed E-state index contributed by atoms with van der Waals surface area (Å²) in [6.45, 7) is 0. The van der Waals surface area contributed by atoms with E-state index in [0.717, 1.165) is 19.7 Å². The van der Waals surface area contributed by atoms with Gasteiger partial charge in [0.1, 0.15) is 0 Å². The summed E-state index contributed by atoms with van der Waals surface area (Å²) in [6, 6.07) is 12.7. The summed E-state index contributed by atoms with van der Waals surface area (Å²) in [5, 5.41) is 8.55. The van der Waals surface area contributed by atoms with Crippen LogP contribution in [0.25, 0.3) is 10.8 Å². The maximum atomic E-state index is 12.6. The van der Waals surface area contributed by atoms with Crippen LogP contribution in [0.15, 0.2) is 57.4 Å². The Morgan fingerprint density at radius 2 is 1.70 bits per heavy atom. The lowest BCUT2D eigenvalue weighted by atomic mass is 9.95. The van der Waals surface area contributed by atoms with Crippen molar-refractivity contribution < 1.29 is 9.59 Å². The summed E-state index contributed by atoms with van der Waals surface area (Å²) in [4.78, 5) is 26.1. The Labute approximate surface area is 144 Å². The van der Waals surface area contributed by atoms with Gasteiger partial charge in [0.15, 0.2) is 0 Å². The first-order chi connectivity index (χ1) is 11.1. The van der Waals surface area contributed by atoms with Gasteiger partial charge in [0.25, 0.3) is 11.8 Å². The number of hydrogen-bond acceptors (Lipinski definition) is 4. The second kappa shape index (κ2) is 5.40. The lowest BCUT2D eigenvalue weighted by molar-refractivity contribution is 0.0616. The van der Waals surface area contributed by atoms with E-state index in [-0.39, 0.29) is 0 Å². The van der Waals surface area contributed by atoms with Gasteiger partial charge in [-0.05, 0) is 39.5 Å². The van der Waals surface area contributed by atoms with Crippen molar-refractivity contribution in [2.24, 2.45) is 5.10 Å². The molecule has 4 rings (SSSR count). The van der Waals surface area contributed by atoms with Gasteiger partial charge in [-0.15, -0.1) is 11.3 Å². The van der Waals surface area contributed by atoms with E-state index in [1.807, 2.05) is 35.7 Å². The summed E-state index contributed by atoms with van der Waals surface area (Å²) in [5.74, 6) is -0.794. The standard InChI is InChI=1S/C17H9BrN2O2S/c18-11-7-12(23-9-11)8-19-20-16(21)13-5-1-3-10-4-2-6-14(15(10)13)17(20)22/h1-9H/b19-8-. The smallest absolute Gasteiger partial charge is 0.267 e. The number of benzene rings is 2. The van der Waals surface area contributed by atoms with Crippen LogP contribution in [0.5, 0.6) is 0 Å². The molecule has 112 valence electrons. The molecule has 0 bridgehead atoms. The number of hydrogen-bond donors (Lipinski definition) is 0. The molecule has 0 N–H and O–H groups in total. The third-order valence-corrected chi connectivity index (χ3v) is 5.27. The van der Waals surface area contributed by atoms with E-state index in [2.05, 4.69) is 21.0 Å². The monoisotopic (exact) mass is 384 g/mol. The first-order valence-electron chi connectivity index (χ1n) is 6.84. The molecule has 1 aromatic heterocycles. The Balaban J connectivity index is 1.81. The minimum Gasteiger partial charge on any atom is -0.267 e. The Hall–Kier alpha value is -2.31. The van der Waals surface area contributed by atoms with Gasteiger partial charge in [0, 0.05) is 20.1 Å². The SMILES string of the molecule is O=C1c2cccc3cccc(c23)C(=O)N1/N=C\c1cc(Br)cs1. The predicted molar refractivity (Wildman–Crippen MR) is 94.1 cm³/mol. The predicted octanol–water partition coefficient (Wildman–Crippen LogP) is 4.29. The minimum atomic E-state index is -0.397. The van der Waals surface area contributed by atoms with Gasteiger partial charge < -0.3 is 0 Å². The lowest BCUT2D eigenvalue weighted by Gasteiger charge is -2.22. The molecule has 2 aromatic carbocycles. The second-order valence-corrected chi connectivity index (χ2v) is 6.90. The molecule has 6 heteroatoms. The molecule has 0 unspecified atom stereocenters. The summed E-state index contributed by atoms with van der Waals surface area (Å²) >= 11 is 4.84. The highest BCUT2D eigenvalue weighted by atomic mass is 79.9. The van der Waals surface area contributed by atoms with Crippen LogP contribution in [0.1, 0.15) is 25.6 Å². The van der Waals surface area contributed by atoms with E-state index < -0.39 is 11.8 Å². The van der Waals surface area contributed by atoms with Crippen LogP contribution < -0.4 is 0 Å². The quantitative estimate of drug-likeness (QED) is 0.488. The molecule has 0 radical (unpaired) electrons. The zero-order valence-corrected chi connectivity index (χ0v) is 14.1. The third kappa shape index (κ3) is 2.31. The summed E-state index contributed by atoms with van der Waals surface area (Å²) in [5.41, 5.74) is 1.00. The highest BCUT2D eigenvalue weighted by Crippen LogP contribution is 2.30. The minimum absolute atomic E-state index is 0.397. The van der Waals surface area contributed by atoms with E-state index in [1.165, 1.54) is 17.6 Å². The van der Waals surface area contributed by atoms with Crippen LogP contribution in [0.3, 0.4) is 0 Å². The topological polar surface area (TPSA) is 49.7 Å². The maximum Gasteiger partial charge on any atom is 0.282 e.